The van der Waals surface area contributed by atoms with Gasteiger partial charge in [-0.1, -0.05) is 182 Å². The topological polar surface area (TPSA) is 30.7 Å². The fraction of sp³-hybridized carbons (Fsp3) is 0. The lowest BCUT2D eigenvalue weighted by molar-refractivity contribution is 0.996. The molecule has 0 spiro atoms. The fourth-order valence-corrected chi connectivity index (χ4v) is 10.4. The summed E-state index contributed by atoms with van der Waals surface area (Å²) in [5.41, 5.74) is 10.8. The number of fused-ring (bicyclic) bond motifs is 12. The average Bonchev–Trinajstić information content (AvgIpc) is 3.87. The van der Waals surface area contributed by atoms with Gasteiger partial charge in [0.15, 0.2) is 0 Å². The molecule has 12 rings (SSSR count). The smallest absolute Gasteiger partial charge is 0.235 e. The molecule has 58 heavy (non-hydrogen) atoms. The molecule has 0 fully saturated rings. The number of para-hydroxylation sites is 1. The van der Waals surface area contributed by atoms with E-state index in [-0.39, 0.29) is 0 Å². The van der Waals surface area contributed by atoms with E-state index in [2.05, 4.69) is 193 Å². The molecule has 0 unspecified atom stereocenters. The van der Waals surface area contributed by atoms with Crippen molar-refractivity contribution in [2.45, 2.75) is 0 Å². The van der Waals surface area contributed by atoms with Crippen molar-refractivity contribution >= 4 is 74.9 Å². The van der Waals surface area contributed by atoms with Crippen LogP contribution in [0, 0.1) is 0 Å². The predicted molar refractivity (Wildman–Crippen MR) is 246 cm³/mol. The van der Waals surface area contributed by atoms with E-state index in [0.717, 1.165) is 33.5 Å². The molecule has 0 bridgehead atoms. The summed E-state index contributed by atoms with van der Waals surface area (Å²) in [5, 5.41) is 10.1. The van der Waals surface area contributed by atoms with Crippen LogP contribution >= 0.6 is 11.3 Å². The molecule has 0 saturated carbocycles. The van der Waals surface area contributed by atoms with Crippen LogP contribution < -0.4 is 0 Å². The van der Waals surface area contributed by atoms with Crippen molar-refractivity contribution in [3.8, 4) is 50.7 Å². The first-order valence-electron chi connectivity index (χ1n) is 19.7. The predicted octanol–water partition coefficient (Wildman–Crippen LogP) is 14.9. The maximum Gasteiger partial charge on any atom is 0.235 e. The van der Waals surface area contributed by atoms with Crippen molar-refractivity contribution in [2.24, 2.45) is 0 Å². The molecule has 0 amide bonds. The van der Waals surface area contributed by atoms with Gasteiger partial charge < -0.3 is 0 Å². The van der Waals surface area contributed by atoms with Crippen molar-refractivity contribution < 1.29 is 0 Å². The first-order chi connectivity index (χ1) is 28.8. The summed E-state index contributed by atoms with van der Waals surface area (Å²) < 4.78 is 4.88. The summed E-state index contributed by atoms with van der Waals surface area (Å²) in [4.78, 5) is 10.8. The summed E-state index contributed by atoms with van der Waals surface area (Å²) >= 11 is 1.91. The van der Waals surface area contributed by atoms with Crippen molar-refractivity contribution in [1.82, 2.24) is 14.5 Å². The van der Waals surface area contributed by atoms with Crippen LogP contribution in [0.1, 0.15) is 0 Å². The summed E-state index contributed by atoms with van der Waals surface area (Å²) in [5.74, 6) is 0.646. The van der Waals surface area contributed by atoms with Gasteiger partial charge in [0.25, 0.3) is 0 Å². The van der Waals surface area contributed by atoms with Gasteiger partial charge in [0.1, 0.15) is 0 Å². The molecule has 270 valence electrons. The van der Waals surface area contributed by atoms with E-state index in [4.69, 9.17) is 9.97 Å². The van der Waals surface area contributed by atoms with E-state index in [9.17, 15) is 0 Å². The zero-order valence-electron chi connectivity index (χ0n) is 31.3. The highest BCUT2D eigenvalue weighted by molar-refractivity contribution is 7.28. The molecule has 0 saturated heterocycles. The Morgan fingerprint density at radius 2 is 0.810 bits per heavy atom. The summed E-state index contributed by atoms with van der Waals surface area (Å²) in [6.45, 7) is 0. The first-order valence-corrected chi connectivity index (χ1v) is 20.5. The maximum absolute atomic E-state index is 5.38. The van der Waals surface area contributed by atoms with Crippen molar-refractivity contribution in [2.75, 3.05) is 0 Å². The van der Waals surface area contributed by atoms with Crippen LogP contribution in [-0.4, -0.2) is 14.5 Å². The van der Waals surface area contributed by atoms with E-state index in [1.165, 1.54) is 74.7 Å². The molecule has 0 N–H and O–H groups in total. The molecule has 3 aromatic heterocycles. The first kappa shape index (κ1) is 32.8. The van der Waals surface area contributed by atoms with Gasteiger partial charge >= 0.3 is 0 Å². The highest BCUT2D eigenvalue weighted by Crippen LogP contribution is 2.51. The molecule has 3 nitrogen and oxygen atoms in total. The molecule has 12 aromatic rings. The van der Waals surface area contributed by atoms with E-state index < -0.39 is 0 Å². The zero-order chi connectivity index (χ0) is 38.2. The number of hydrogen-bond donors (Lipinski definition) is 0. The van der Waals surface area contributed by atoms with E-state index in [0.29, 0.717) is 5.95 Å². The third-order valence-corrected chi connectivity index (χ3v) is 12.9. The number of aromatic nitrogens is 3. The third kappa shape index (κ3) is 5.05. The number of hydrogen-bond acceptors (Lipinski definition) is 3. The molecule has 9 aromatic carbocycles. The Morgan fingerprint density at radius 3 is 1.45 bits per heavy atom. The van der Waals surface area contributed by atoms with E-state index in [1.54, 1.807) is 0 Å². The Morgan fingerprint density at radius 1 is 0.328 bits per heavy atom. The Labute approximate surface area is 338 Å². The minimum absolute atomic E-state index is 0.646. The van der Waals surface area contributed by atoms with Gasteiger partial charge in [-0.3, -0.25) is 4.57 Å². The quantitative estimate of drug-likeness (QED) is 0.164. The highest BCUT2D eigenvalue weighted by Gasteiger charge is 2.25. The monoisotopic (exact) mass is 755 g/mol. The second-order valence-corrected chi connectivity index (χ2v) is 15.9. The van der Waals surface area contributed by atoms with Crippen LogP contribution in [0.5, 0.6) is 0 Å². The van der Waals surface area contributed by atoms with Gasteiger partial charge in [-0.2, -0.15) is 0 Å². The molecule has 0 atom stereocenters. The van der Waals surface area contributed by atoms with Gasteiger partial charge in [-0.15, -0.1) is 11.3 Å². The summed E-state index contributed by atoms with van der Waals surface area (Å²) in [7, 11) is 0. The van der Waals surface area contributed by atoms with Gasteiger partial charge in [0.05, 0.1) is 22.4 Å². The molecule has 0 aliphatic rings. The Bertz CT molecular complexity index is 3470. The minimum Gasteiger partial charge on any atom is -0.278 e. The second-order valence-electron chi connectivity index (χ2n) is 14.9. The summed E-state index contributed by atoms with van der Waals surface area (Å²) in [6, 6.07) is 71.7. The lowest BCUT2D eigenvalue weighted by Gasteiger charge is -2.13. The number of rotatable bonds is 5. The van der Waals surface area contributed by atoms with E-state index in [1.807, 2.05) is 23.5 Å². The van der Waals surface area contributed by atoms with Crippen LogP contribution in [0.15, 0.2) is 200 Å². The molecule has 0 radical (unpaired) electrons. The van der Waals surface area contributed by atoms with Gasteiger partial charge in [0, 0.05) is 47.5 Å². The van der Waals surface area contributed by atoms with Crippen LogP contribution in [0.2, 0.25) is 0 Å². The lowest BCUT2D eigenvalue weighted by atomic mass is 9.92. The number of nitrogens with zero attached hydrogens (tertiary/aromatic N) is 3. The largest absolute Gasteiger partial charge is 0.278 e. The van der Waals surface area contributed by atoms with Crippen molar-refractivity contribution in [3.63, 3.8) is 0 Å². The van der Waals surface area contributed by atoms with Crippen LogP contribution in [-0.2, 0) is 0 Å². The Hall–Kier alpha value is -7.40. The van der Waals surface area contributed by atoms with E-state index >= 15 is 0 Å². The van der Waals surface area contributed by atoms with Crippen LogP contribution in [0.3, 0.4) is 0 Å². The highest BCUT2D eigenvalue weighted by atomic mass is 32.1. The van der Waals surface area contributed by atoms with Crippen LogP contribution in [0.25, 0.3) is 114 Å². The van der Waals surface area contributed by atoms with Gasteiger partial charge in [0.2, 0.25) is 5.95 Å². The zero-order valence-corrected chi connectivity index (χ0v) is 32.1. The molecule has 0 aliphatic carbocycles. The fourth-order valence-electron chi connectivity index (χ4n) is 8.97. The van der Waals surface area contributed by atoms with Gasteiger partial charge in [-0.05, 0) is 56.6 Å². The van der Waals surface area contributed by atoms with Crippen molar-refractivity contribution in [1.29, 1.82) is 0 Å². The Kier molecular flexibility index (Phi) is 7.40. The second kappa shape index (κ2) is 13.1. The molecule has 0 aliphatic heterocycles. The SMILES string of the molecule is c1ccc(-c2ccc(-c3cc4c(c5ccccc5n4-c4nc(-c5ccccc5)cc(-c5ccccc5)n4)c4sc5c6ccccc6c6ccccc6c5c34)cc2)cc1. The lowest BCUT2D eigenvalue weighted by Crippen LogP contribution is -2.04. The van der Waals surface area contributed by atoms with Crippen LogP contribution in [0.4, 0.5) is 0 Å². The minimum atomic E-state index is 0.646. The molecule has 3 heterocycles. The Balaban J connectivity index is 1.24. The molecule has 4 heteroatoms. The summed E-state index contributed by atoms with van der Waals surface area (Å²) in [6.07, 6.45) is 0. The third-order valence-electron chi connectivity index (χ3n) is 11.6. The molecular formula is C54H33N3S. The standard InChI is InChI=1S/C54H33N3S/c1-4-16-34(17-5-1)35-28-30-36(31-29-35)44-32-48-49(53-51(44)50-41-24-12-10-22-39(41)40-23-11-13-25-42(40)52(50)58-53)43-26-14-15-27-47(43)57(48)54-55-45(37-18-6-2-7-19-37)33-46(56-54)38-20-8-3-9-21-38/h1-33H. The number of thiophene rings is 1. The average molecular weight is 756 g/mol. The van der Waals surface area contributed by atoms with Crippen molar-refractivity contribution in [3.05, 3.63) is 200 Å². The number of benzene rings is 9. The maximum atomic E-state index is 5.38. The normalized spacial score (nSPS) is 11.8. The van der Waals surface area contributed by atoms with Gasteiger partial charge in [-0.25, -0.2) is 9.97 Å². The molecular weight excluding hydrogens is 723 g/mol.